The topological polar surface area (TPSA) is 127 Å². The number of imidazole rings is 1. The van der Waals surface area contributed by atoms with E-state index in [1.165, 1.54) is 6.20 Å². The van der Waals surface area contributed by atoms with Gasteiger partial charge in [0.25, 0.3) is 0 Å². The van der Waals surface area contributed by atoms with Gasteiger partial charge in [-0.25, -0.2) is 9.78 Å². The largest absolute Gasteiger partial charge is 0.465 e. The van der Waals surface area contributed by atoms with Gasteiger partial charge in [-0.1, -0.05) is 0 Å². The third-order valence-electron chi connectivity index (χ3n) is 4.78. The molecule has 0 atom stereocenters. The zero-order chi connectivity index (χ0) is 18.6. The van der Waals surface area contributed by atoms with Crippen LogP contribution in [0, 0.1) is 0 Å². The fourth-order valence-electron chi connectivity index (χ4n) is 3.44. The molecule has 1 aromatic carbocycles. The Morgan fingerprint density at radius 1 is 1.38 bits per heavy atom. The van der Waals surface area contributed by atoms with E-state index in [0.717, 1.165) is 16.8 Å². The fraction of sp³-hybridized carbons (Fsp3) is 0.294. The summed E-state index contributed by atoms with van der Waals surface area (Å²) in [6.07, 6.45) is 0.207. The zero-order valence-corrected chi connectivity index (χ0v) is 14.5. The number of H-pyrrole nitrogens is 2. The normalized spacial score (nSPS) is 15.5. The molecule has 9 nitrogen and oxygen atoms in total. The first kappa shape index (κ1) is 16.1. The summed E-state index contributed by atoms with van der Waals surface area (Å²) < 4.78 is 0. The molecule has 26 heavy (non-hydrogen) atoms. The summed E-state index contributed by atoms with van der Waals surface area (Å²) in [4.78, 5) is 33.0. The van der Waals surface area contributed by atoms with E-state index in [4.69, 9.17) is 5.11 Å². The van der Waals surface area contributed by atoms with Crippen molar-refractivity contribution in [2.45, 2.75) is 26.2 Å². The van der Waals surface area contributed by atoms with Crippen LogP contribution in [0.4, 0.5) is 16.2 Å². The number of rotatable bonds is 3. The van der Waals surface area contributed by atoms with Crippen LogP contribution >= 0.6 is 0 Å². The molecule has 3 heterocycles. The number of benzene rings is 1. The van der Waals surface area contributed by atoms with Gasteiger partial charge in [-0.15, -0.1) is 0 Å². The molecule has 0 fully saturated rings. The van der Waals surface area contributed by atoms with Crippen LogP contribution in [0.2, 0.25) is 0 Å². The summed E-state index contributed by atoms with van der Waals surface area (Å²) in [5.41, 5.74) is 3.43. The Kier molecular flexibility index (Phi) is 3.30. The van der Waals surface area contributed by atoms with Crippen LogP contribution in [0.15, 0.2) is 18.3 Å². The Labute approximate surface area is 148 Å². The van der Waals surface area contributed by atoms with E-state index in [-0.39, 0.29) is 5.91 Å². The van der Waals surface area contributed by atoms with Crippen LogP contribution in [0.1, 0.15) is 26.3 Å². The van der Waals surface area contributed by atoms with E-state index in [1.807, 2.05) is 32.9 Å². The lowest BCUT2D eigenvalue weighted by Crippen LogP contribution is -2.35. The van der Waals surface area contributed by atoms with Crippen molar-refractivity contribution in [2.75, 3.05) is 16.8 Å². The lowest BCUT2D eigenvalue weighted by atomic mass is 9.86. The summed E-state index contributed by atoms with van der Waals surface area (Å²) in [6, 6.07) is 3.83. The van der Waals surface area contributed by atoms with Gasteiger partial charge < -0.3 is 15.0 Å². The van der Waals surface area contributed by atoms with E-state index in [1.54, 1.807) is 4.90 Å². The number of aromatic amines is 2. The molecule has 2 aromatic heterocycles. The van der Waals surface area contributed by atoms with Crippen molar-refractivity contribution in [1.82, 2.24) is 20.2 Å². The van der Waals surface area contributed by atoms with Crippen LogP contribution in [0.3, 0.4) is 0 Å². The van der Waals surface area contributed by atoms with Crippen molar-refractivity contribution in [3.63, 3.8) is 0 Å². The predicted octanol–water partition coefficient (Wildman–Crippen LogP) is 2.69. The molecule has 9 heteroatoms. The van der Waals surface area contributed by atoms with Crippen molar-refractivity contribution in [2.24, 2.45) is 0 Å². The lowest BCUT2D eigenvalue weighted by molar-refractivity contribution is -0.122. The van der Waals surface area contributed by atoms with Gasteiger partial charge in [0.2, 0.25) is 5.91 Å². The molecule has 0 saturated heterocycles. The van der Waals surface area contributed by atoms with E-state index in [2.05, 4.69) is 25.5 Å². The number of hydrogen-bond acceptors (Lipinski definition) is 4. The molecule has 1 aliphatic rings. The highest BCUT2D eigenvalue weighted by molar-refractivity contribution is 6.09. The van der Waals surface area contributed by atoms with Crippen LogP contribution in [-0.2, 0) is 10.2 Å². The smallest absolute Gasteiger partial charge is 0.409 e. The molecule has 0 saturated carbocycles. The maximum atomic E-state index is 12.6. The number of fused-ring (bicyclic) bond motifs is 2. The zero-order valence-electron chi connectivity index (χ0n) is 14.5. The standard InChI is InChI=1S/C17H18N6O3/c1-4-23-12-6-10-9(5-8(12)17(2,3)15(23)24)19-14(20-10)13-11(7-18-22-13)21-16(25)26/h5-7,21H,4H2,1-3H3,(H,18,22)(H,19,20)(H,25,26). The minimum atomic E-state index is -1.18. The Hall–Kier alpha value is -3.36. The number of hydrogen-bond donors (Lipinski definition) is 4. The van der Waals surface area contributed by atoms with Gasteiger partial charge in [0.15, 0.2) is 5.82 Å². The van der Waals surface area contributed by atoms with E-state index in [9.17, 15) is 9.59 Å². The predicted molar refractivity (Wildman–Crippen MR) is 96.4 cm³/mol. The first-order chi connectivity index (χ1) is 12.3. The van der Waals surface area contributed by atoms with Crippen molar-refractivity contribution in [3.8, 4) is 11.5 Å². The third kappa shape index (κ3) is 2.17. The molecule has 0 aliphatic carbocycles. The highest BCUT2D eigenvalue weighted by Crippen LogP contribution is 2.43. The summed E-state index contributed by atoms with van der Waals surface area (Å²) in [6.45, 7) is 6.36. The molecule has 134 valence electrons. The maximum Gasteiger partial charge on any atom is 0.409 e. The number of carbonyl (C=O) groups is 2. The minimum Gasteiger partial charge on any atom is -0.465 e. The van der Waals surface area contributed by atoms with E-state index < -0.39 is 11.5 Å². The summed E-state index contributed by atoms with van der Waals surface area (Å²) in [5.74, 6) is 0.543. The molecule has 0 radical (unpaired) electrons. The van der Waals surface area contributed by atoms with Gasteiger partial charge in [0, 0.05) is 6.54 Å². The Morgan fingerprint density at radius 3 is 2.85 bits per heavy atom. The van der Waals surface area contributed by atoms with E-state index in [0.29, 0.717) is 29.3 Å². The second-order valence-electron chi connectivity index (χ2n) is 6.74. The van der Waals surface area contributed by atoms with Gasteiger partial charge in [-0.05, 0) is 38.5 Å². The number of amides is 2. The van der Waals surface area contributed by atoms with Crippen molar-refractivity contribution < 1.29 is 14.7 Å². The highest BCUT2D eigenvalue weighted by Gasteiger charge is 2.43. The van der Waals surface area contributed by atoms with Crippen LogP contribution in [0.5, 0.6) is 0 Å². The van der Waals surface area contributed by atoms with Gasteiger partial charge in [-0.2, -0.15) is 5.10 Å². The quantitative estimate of drug-likeness (QED) is 0.575. The molecule has 0 unspecified atom stereocenters. The first-order valence-electron chi connectivity index (χ1n) is 8.22. The maximum absolute atomic E-state index is 12.6. The molecular formula is C17H18N6O3. The van der Waals surface area contributed by atoms with Crippen LogP contribution < -0.4 is 10.2 Å². The number of anilines is 2. The average molecular weight is 354 g/mol. The van der Waals surface area contributed by atoms with Gasteiger partial charge >= 0.3 is 6.09 Å². The van der Waals surface area contributed by atoms with E-state index >= 15 is 0 Å². The monoisotopic (exact) mass is 354 g/mol. The lowest BCUT2D eigenvalue weighted by Gasteiger charge is -2.18. The third-order valence-corrected chi connectivity index (χ3v) is 4.78. The number of nitrogens with zero attached hydrogens (tertiary/aromatic N) is 3. The number of aromatic nitrogens is 4. The molecule has 2 amide bonds. The molecule has 0 spiro atoms. The first-order valence-corrected chi connectivity index (χ1v) is 8.22. The molecule has 1 aliphatic heterocycles. The second kappa shape index (κ2) is 5.32. The molecular weight excluding hydrogens is 336 g/mol. The SMILES string of the molecule is CCN1C(=O)C(C)(C)c2cc3[nH]c(-c4[nH]ncc4NC(=O)O)nc3cc21. The number of likely N-dealkylation sites (N-methyl/N-ethyl adjacent to an activating group) is 1. The van der Waals surface area contributed by atoms with Crippen LogP contribution in [0.25, 0.3) is 22.6 Å². The fourth-order valence-corrected chi connectivity index (χ4v) is 3.44. The second-order valence-corrected chi connectivity index (χ2v) is 6.74. The number of carboxylic acid groups (broad SMARTS) is 1. The highest BCUT2D eigenvalue weighted by atomic mass is 16.4. The summed E-state index contributed by atoms with van der Waals surface area (Å²) in [5, 5.41) is 17.8. The molecule has 4 rings (SSSR count). The summed E-state index contributed by atoms with van der Waals surface area (Å²) in [7, 11) is 0. The van der Waals surface area contributed by atoms with Gasteiger partial charge in [-0.3, -0.25) is 15.2 Å². The molecule has 3 aromatic rings. The van der Waals surface area contributed by atoms with Gasteiger partial charge in [0.05, 0.1) is 34.0 Å². The average Bonchev–Trinajstić information content (AvgIpc) is 3.23. The van der Waals surface area contributed by atoms with Crippen molar-refractivity contribution >= 4 is 34.4 Å². The summed E-state index contributed by atoms with van der Waals surface area (Å²) >= 11 is 0. The Morgan fingerprint density at radius 2 is 2.15 bits per heavy atom. The molecule has 4 N–H and O–H groups in total. The Bertz CT molecular complexity index is 1050. The van der Waals surface area contributed by atoms with Gasteiger partial charge in [0.1, 0.15) is 5.69 Å². The number of nitrogens with one attached hydrogen (secondary N) is 3. The van der Waals surface area contributed by atoms with Crippen molar-refractivity contribution in [3.05, 3.63) is 23.9 Å². The van der Waals surface area contributed by atoms with Crippen LogP contribution in [-0.4, -0.2) is 43.8 Å². The Balaban J connectivity index is 1.85. The number of carbonyl (C=O) groups excluding carboxylic acids is 1. The molecule has 0 bridgehead atoms. The minimum absolute atomic E-state index is 0.0735. The van der Waals surface area contributed by atoms with Crippen molar-refractivity contribution in [1.29, 1.82) is 0 Å².